The summed E-state index contributed by atoms with van der Waals surface area (Å²) in [6.45, 7) is -0.366. The lowest BCUT2D eigenvalue weighted by atomic mass is 10.1. The van der Waals surface area contributed by atoms with E-state index < -0.39 is 18.2 Å². The Balaban J connectivity index is 1.88. The Hall–Kier alpha value is -3.40. The van der Waals surface area contributed by atoms with Crippen molar-refractivity contribution in [2.75, 3.05) is 27.9 Å². The van der Waals surface area contributed by atoms with E-state index in [1.54, 1.807) is 18.2 Å². The van der Waals surface area contributed by atoms with Crippen LogP contribution in [0.15, 0.2) is 24.3 Å². The lowest BCUT2D eigenvalue weighted by Crippen LogP contribution is -2.14. The molecule has 0 aliphatic carbocycles. The van der Waals surface area contributed by atoms with Crippen LogP contribution in [0.4, 0.5) is 0 Å². The van der Waals surface area contributed by atoms with E-state index in [1.807, 2.05) is 0 Å². The van der Waals surface area contributed by atoms with Gasteiger partial charge in [0.25, 0.3) is 0 Å². The molecule has 3 rings (SSSR count). The largest absolute Gasteiger partial charge is 0.481 e. The first kappa shape index (κ1) is 18.4. The summed E-state index contributed by atoms with van der Waals surface area (Å²) in [5.74, 6) is -0.635. The van der Waals surface area contributed by atoms with Crippen molar-refractivity contribution in [3.8, 4) is 23.5 Å². The highest BCUT2D eigenvalue weighted by molar-refractivity contribution is 5.97. The monoisotopic (exact) mass is 376 g/mol. The second-order valence-electron chi connectivity index (χ2n) is 5.18. The number of benzene rings is 1. The van der Waals surface area contributed by atoms with Crippen LogP contribution in [0.2, 0.25) is 0 Å². The molecule has 0 radical (unpaired) electrons. The van der Waals surface area contributed by atoms with Crippen molar-refractivity contribution in [2.45, 2.75) is 6.29 Å². The fraction of sp³-hybridized carbons (Fsp3) is 0.294. The molecular formula is C17H16N2O8. The fourth-order valence-corrected chi connectivity index (χ4v) is 2.33. The van der Waals surface area contributed by atoms with Crippen molar-refractivity contribution in [3.05, 3.63) is 35.4 Å². The predicted molar refractivity (Wildman–Crippen MR) is 87.8 cm³/mol. The zero-order valence-electron chi connectivity index (χ0n) is 14.8. The minimum atomic E-state index is -1.05. The van der Waals surface area contributed by atoms with Crippen LogP contribution in [0.1, 0.15) is 22.2 Å². The number of esters is 2. The molecule has 0 amide bonds. The number of carbonyl (C=O) groups is 2. The molecule has 10 heteroatoms. The van der Waals surface area contributed by atoms with Gasteiger partial charge in [0, 0.05) is 5.56 Å². The van der Waals surface area contributed by atoms with Crippen LogP contribution in [-0.2, 0) is 19.0 Å². The number of nitrogens with zero attached hydrogens (tertiary/aromatic N) is 2. The maximum atomic E-state index is 12.3. The van der Waals surface area contributed by atoms with Crippen LogP contribution < -0.4 is 14.2 Å². The summed E-state index contributed by atoms with van der Waals surface area (Å²) in [6, 6.07) is 6.22. The van der Waals surface area contributed by atoms with Gasteiger partial charge in [-0.05, 0) is 6.07 Å². The first-order valence-electron chi connectivity index (χ1n) is 7.73. The molecule has 0 spiro atoms. The molecule has 0 N–H and O–H groups in total. The molecule has 0 saturated heterocycles. The first-order chi connectivity index (χ1) is 13.0. The second kappa shape index (κ2) is 7.87. The number of aromatic nitrogens is 2. The lowest BCUT2D eigenvalue weighted by molar-refractivity contribution is -0.159. The van der Waals surface area contributed by atoms with Gasteiger partial charge in [0.1, 0.15) is 17.9 Å². The van der Waals surface area contributed by atoms with Crippen molar-refractivity contribution in [3.63, 3.8) is 0 Å². The molecule has 2 heterocycles. The molecule has 1 aliphatic rings. The molecule has 1 aliphatic heterocycles. The van der Waals surface area contributed by atoms with Crippen molar-refractivity contribution in [1.29, 1.82) is 0 Å². The van der Waals surface area contributed by atoms with E-state index >= 15 is 0 Å². The van der Waals surface area contributed by atoms with E-state index in [9.17, 15) is 9.59 Å². The number of hydrogen-bond acceptors (Lipinski definition) is 10. The van der Waals surface area contributed by atoms with Gasteiger partial charge in [-0.25, -0.2) is 9.59 Å². The maximum absolute atomic E-state index is 12.3. The molecule has 142 valence electrons. The SMILES string of the molecule is COC(=O)COC1OC(=O)c2c(Oc3nc(OC)cc(OC)n3)cccc21. The summed E-state index contributed by atoms with van der Waals surface area (Å²) in [5, 5.41) is 0. The minimum absolute atomic E-state index is 0.0775. The summed E-state index contributed by atoms with van der Waals surface area (Å²) >= 11 is 0. The van der Waals surface area contributed by atoms with Gasteiger partial charge < -0.3 is 28.4 Å². The predicted octanol–water partition coefficient (Wildman–Crippen LogP) is 1.64. The van der Waals surface area contributed by atoms with E-state index in [0.29, 0.717) is 5.56 Å². The number of fused-ring (bicyclic) bond motifs is 1. The summed E-state index contributed by atoms with van der Waals surface area (Å²) in [6.07, 6.45) is -1.05. The van der Waals surface area contributed by atoms with E-state index in [-0.39, 0.29) is 35.7 Å². The fourth-order valence-electron chi connectivity index (χ4n) is 2.33. The van der Waals surface area contributed by atoms with Gasteiger partial charge in [0.15, 0.2) is 0 Å². The number of methoxy groups -OCH3 is 3. The molecule has 27 heavy (non-hydrogen) atoms. The molecule has 0 saturated carbocycles. The highest BCUT2D eigenvalue weighted by Gasteiger charge is 2.35. The summed E-state index contributed by atoms with van der Waals surface area (Å²) in [7, 11) is 4.10. The Morgan fingerprint density at radius 3 is 2.48 bits per heavy atom. The third-order valence-corrected chi connectivity index (χ3v) is 3.59. The maximum Gasteiger partial charge on any atom is 0.345 e. The Labute approximate surface area is 153 Å². The molecule has 0 fully saturated rings. The third-order valence-electron chi connectivity index (χ3n) is 3.59. The molecule has 1 atom stereocenters. The van der Waals surface area contributed by atoms with Gasteiger partial charge in [0.05, 0.1) is 27.4 Å². The third kappa shape index (κ3) is 3.90. The van der Waals surface area contributed by atoms with Crippen LogP contribution >= 0.6 is 0 Å². The van der Waals surface area contributed by atoms with Gasteiger partial charge in [-0.3, -0.25) is 0 Å². The van der Waals surface area contributed by atoms with Crippen molar-refractivity contribution in [1.82, 2.24) is 9.97 Å². The summed E-state index contributed by atoms with van der Waals surface area (Å²) in [4.78, 5) is 31.6. The molecular weight excluding hydrogens is 360 g/mol. The van der Waals surface area contributed by atoms with Crippen molar-refractivity contribution < 1.29 is 38.0 Å². The normalized spacial score (nSPS) is 14.9. The summed E-state index contributed by atoms with van der Waals surface area (Å²) < 4.78 is 30.7. The average molecular weight is 376 g/mol. The van der Waals surface area contributed by atoms with Gasteiger partial charge in [-0.15, -0.1) is 0 Å². The zero-order chi connectivity index (χ0) is 19.4. The van der Waals surface area contributed by atoms with Crippen molar-refractivity contribution in [2.24, 2.45) is 0 Å². The molecule has 1 aromatic heterocycles. The Bertz CT molecular complexity index is 848. The smallest absolute Gasteiger partial charge is 0.345 e. The topological polar surface area (TPSA) is 115 Å². The van der Waals surface area contributed by atoms with Crippen molar-refractivity contribution >= 4 is 11.9 Å². The van der Waals surface area contributed by atoms with E-state index in [4.69, 9.17) is 23.7 Å². The zero-order valence-corrected chi connectivity index (χ0v) is 14.8. The van der Waals surface area contributed by atoms with E-state index in [2.05, 4.69) is 14.7 Å². The Kier molecular flexibility index (Phi) is 5.36. The van der Waals surface area contributed by atoms with Crippen LogP contribution in [0.5, 0.6) is 23.5 Å². The van der Waals surface area contributed by atoms with Gasteiger partial charge >= 0.3 is 17.9 Å². The summed E-state index contributed by atoms with van der Waals surface area (Å²) in [5.41, 5.74) is 0.564. The Morgan fingerprint density at radius 2 is 1.85 bits per heavy atom. The number of carbonyl (C=O) groups excluding carboxylic acids is 2. The number of ether oxygens (including phenoxy) is 6. The van der Waals surface area contributed by atoms with Gasteiger partial charge in [-0.2, -0.15) is 9.97 Å². The molecule has 10 nitrogen and oxygen atoms in total. The Morgan fingerprint density at radius 1 is 1.15 bits per heavy atom. The van der Waals surface area contributed by atoms with E-state index in [1.165, 1.54) is 27.4 Å². The highest BCUT2D eigenvalue weighted by atomic mass is 16.7. The van der Waals surface area contributed by atoms with Crippen LogP contribution in [0, 0.1) is 0 Å². The number of cyclic esters (lactones) is 1. The molecule has 1 aromatic carbocycles. The quantitative estimate of drug-likeness (QED) is 0.660. The van der Waals surface area contributed by atoms with Crippen LogP contribution in [0.25, 0.3) is 0 Å². The number of hydrogen-bond donors (Lipinski definition) is 0. The lowest BCUT2D eigenvalue weighted by Gasteiger charge is -2.11. The number of rotatable bonds is 7. The first-order valence-corrected chi connectivity index (χ1v) is 7.73. The highest BCUT2D eigenvalue weighted by Crippen LogP contribution is 2.38. The molecule has 1 unspecified atom stereocenters. The van der Waals surface area contributed by atoms with Crippen LogP contribution in [-0.4, -0.2) is 49.8 Å². The average Bonchev–Trinajstić information content (AvgIpc) is 3.02. The standard InChI is InChI=1S/C17H16N2O8/c1-22-11-7-12(23-2)19-17(18-11)26-10-6-4-5-9-14(10)15(21)27-16(9)25-8-13(20)24-3/h4-7,16H,8H2,1-3H3. The molecule has 2 aromatic rings. The second-order valence-corrected chi connectivity index (χ2v) is 5.18. The molecule has 0 bridgehead atoms. The van der Waals surface area contributed by atoms with Gasteiger partial charge in [0.2, 0.25) is 18.1 Å². The van der Waals surface area contributed by atoms with E-state index in [0.717, 1.165) is 0 Å². The van der Waals surface area contributed by atoms with Crippen LogP contribution in [0.3, 0.4) is 0 Å². The minimum Gasteiger partial charge on any atom is -0.481 e. The van der Waals surface area contributed by atoms with Gasteiger partial charge in [-0.1, -0.05) is 12.1 Å².